The van der Waals surface area contributed by atoms with Crippen LogP contribution in [0.5, 0.6) is 5.75 Å². The smallest absolute Gasteiger partial charge is 0.338 e. The molecular formula is C33H27BrFIN2O6S. The lowest BCUT2D eigenvalue weighted by Gasteiger charge is -2.24. The number of fused-ring (bicyclic) bond motifs is 1. The highest BCUT2D eigenvalue weighted by Crippen LogP contribution is 2.33. The number of carbonyl (C=O) groups excluding carboxylic acids is 2. The monoisotopic (exact) mass is 804 g/mol. The van der Waals surface area contributed by atoms with Gasteiger partial charge in [0.25, 0.3) is 5.56 Å². The largest absolute Gasteiger partial charge is 0.487 e. The standard InChI is InChI=1S/C33H27BrFIN2O6S/c1-4-42-31(40)21-8-6-19(7-9-21)17-44-29-22(14-23(34)16-25(29)36)15-26-30(39)38-28(20-10-12-24(35)13-11-20)27(32(41)43-5-2)18(3)37-33(38)45-26/h6-16,28H,4-5,17H2,1-3H3/b26-15-/t28-/m0/s1. The van der Waals surface area contributed by atoms with Gasteiger partial charge in [-0.15, -0.1) is 0 Å². The highest BCUT2D eigenvalue weighted by atomic mass is 127. The van der Waals surface area contributed by atoms with Gasteiger partial charge in [0.05, 0.1) is 44.2 Å². The van der Waals surface area contributed by atoms with Crippen molar-refractivity contribution in [3.05, 3.63) is 128 Å². The fraction of sp³-hybridized carbons (Fsp3) is 0.212. The first-order valence-corrected chi connectivity index (χ1v) is 16.6. The molecule has 0 spiro atoms. The molecule has 0 amide bonds. The first-order chi connectivity index (χ1) is 21.6. The minimum Gasteiger partial charge on any atom is -0.487 e. The summed E-state index contributed by atoms with van der Waals surface area (Å²) in [6.45, 7) is 5.82. The summed E-state index contributed by atoms with van der Waals surface area (Å²) in [5.41, 5.74) is 2.78. The van der Waals surface area contributed by atoms with Crippen LogP contribution in [0.4, 0.5) is 4.39 Å². The van der Waals surface area contributed by atoms with Crippen LogP contribution in [0, 0.1) is 9.39 Å². The Morgan fingerprint density at radius 1 is 1.04 bits per heavy atom. The third-order valence-corrected chi connectivity index (χ3v) is 9.12. The number of nitrogens with zero attached hydrogens (tertiary/aromatic N) is 2. The summed E-state index contributed by atoms with van der Waals surface area (Å²) in [6.07, 6.45) is 1.74. The van der Waals surface area contributed by atoms with Gasteiger partial charge < -0.3 is 14.2 Å². The van der Waals surface area contributed by atoms with E-state index in [0.717, 1.165) is 13.6 Å². The number of ether oxygens (including phenoxy) is 3. The molecule has 3 aromatic carbocycles. The van der Waals surface area contributed by atoms with Crippen molar-refractivity contribution in [2.75, 3.05) is 13.2 Å². The Morgan fingerprint density at radius 2 is 1.71 bits per heavy atom. The molecule has 0 saturated heterocycles. The van der Waals surface area contributed by atoms with Gasteiger partial charge in [0.1, 0.15) is 18.2 Å². The summed E-state index contributed by atoms with van der Waals surface area (Å²) in [6, 6.07) is 15.6. The van der Waals surface area contributed by atoms with Crippen molar-refractivity contribution in [3.8, 4) is 5.75 Å². The van der Waals surface area contributed by atoms with Gasteiger partial charge in [-0.1, -0.05) is 51.5 Å². The minimum absolute atomic E-state index is 0.149. The Bertz CT molecular complexity index is 1990. The predicted molar refractivity (Wildman–Crippen MR) is 180 cm³/mol. The molecular weight excluding hydrogens is 778 g/mol. The summed E-state index contributed by atoms with van der Waals surface area (Å²) in [7, 11) is 0. The second-order valence-corrected chi connectivity index (χ2v) is 13.0. The molecule has 12 heteroatoms. The lowest BCUT2D eigenvalue weighted by molar-refractivity contribution is -0.139. The molecule has 8 nitrogen and oxygen atoms in total. The average molecular weight is 805 g/mol. The zero-order chi connectivity index (χ0) is 32.2. The maximum atomic E-state index is 14.0. The number of hydrogen-bond donors (Lipinski definition) is 0. The Kier molecular flexibility index (Phi) is 10.3. The molecule has 5 rings (SSSR count). The van der Waals surface area contributed by atoms with Gasteiger partial charge in [0, 0.05) is 10.0 Å². The Labute approximate surface area is 284 Å². The Balaban J connectivity index is 1.56. The normalized spacial score (nSPS) is 14.5. The van der Waals surface area contributed by atoms with Crippen molar-refractivity contribution < 1.29 is 28.2 Å². The molecule has 1 atom stereocenters. The molecule has 1 aliphatic rings. The quantitative estimate of drug-likeness (QED) is 0.151. The summed E-state index contributed by atoms with van der Waals surface area (Å²) in [5, 5.41) is 0. The van der Waals surface area contributed by atoms with E-state index in [9.17, 15) is 18.8 Å². The van der Waals surface area contributed by atoms with Crippen LogP contribution in [0.1, 0.15) is 53.9 Å². The summed E-state index contributed by atoms with van der Waals surface area (Å²) in [5.74, 6) is -0.842. The number of hydrogen-bond acceptors (Lipinski definition) is 8. The van der Waals surface area contributed by atoms with Crippen LogP contribution in [0.25, 0.3) is 6.08 Å². The van der Waals surface area contributed by atoms with Crippen molar-refractivity contribution >= 4 is 67.9 Å². The van der Waals surface area contributed by atoms with Crippen molar-refractivity contribution in [1.82, 2.24) is 4.57 Å². The molecule has 0 fully saturated rings. The summed E-state index contributed by atoms with van der Waals surface area (Å²) < 4.78 is 33.9. The van der Waals surface area contributed by atoms with Crippen LogP contribution in [0.2, 0.25) is 0 Å². The average Bonchev–Trinajstić information content (AvgIpc) is 3.30. The number of halogens is 3. The number of aromatic nitrogens is 1. The molecule has 0 bridgehead atoms. The molecule has 45 heavy (non-hydrogen) atoms. The van der Waals surface area contributed by atoms with Gasteiger partial charge >= 0.3 is 11.9 Å². The number of carbonyl (C=O) groups is 2. The number of rotatable bonds is 9. The zero-order valence-electron chi connectivity index (χ0n) is 24.4. The van der Waals surface area contributed by atoms with Gasteiger partial charge in [-0.25, -0.2) is 19.0 Å². The van der Waals surface area contributed by atoms with E-state index in [4.69, 9.17) is 14.2 Å². The summed E-state index contributed by atoms with van der Waals surface area (Å²) >= 11 is 6.91. The molecule has 1 aromatic heterocycles. The van der Waals surface area contributed by atoms with Crippen LogP contribution >= 0.6 is 49.9 Å². The van der Waals surface area contributed by atoms with E-state index < -0.39 is 17.8 Å². The highest BCUT2D eigenvalue weighted by Gasteiger charge is 2.33. The molecule has 232 valence electrons. The van der Waals surface area contributed by atoms with Gasteiger partial charge in [0.15, 0.2) is 4.80 Å². The third kappa shape index (κ3) is 7.12. The summed E-state index contributed by atoms with van der Waals surface area (Å²) in [4.78, 5) is 44.1. The van der Waals surface area contributed by atoms with Crippen molar-refractivity contribution in [3.63, 3.8) is 0 Å². The molecule has 4 aromatic rings. The van der Waals surface area contributed by atoms with Crippen molar-refractivity contribution in [2.45, 2.75) is 33.4 Å². The number of thiazole rings is 1. The van der Waals surface area contributed by atoms with E-state index in [1.807, 2.05) is 12.1 Å². The number of esters is 2. The molecule has 0 N–H and O–H groups in total. The molecule has 2 heterocycles. The Hall–Kier alpha value is -3.62. The second kappa shape index (κ2) is 14.2. The minimum atomic E-state index is -0.848. The lowest BCUT2D eigenvalue weighted by atomic mass is 9.96. The molecule has 0 saturated carbocycles. The number of benzene rings is 3. The lowest BCUT2D eigenvalue weighted by Crippen LogP contribution is -2.39. The van der Waals surface area contributed by atoms with Gasteiger partial charge in [-0.05, 0) is 97.0 Å². The van der Waals surface area contributed by atoms with Crippen molar-refractivity contribution in [2.24, 2.45) is 4.99 Å². The Morgan fingerprint density at radius 3 is 2.38 bits per heavy atom. The van der Waals surface area contributed by atoms with E-state index in [-0.39, 0.29) is 30.3 Å². The fourth-order valence-electron chi connectivity index (χ4n) is 4.84. The topological polar surface area (TPSA) is 96.2 Å². The second-order valence-electron chi connectivity index (χ2n) is 9.87. The SMILES string of the molecule is CCOC(=O)C1=C(C)N=c2s/c(=C\c3cc(Br)cc(I)c3OCc3ccc(C(=O)OCC)cc3)c(=O)n2[C@H]1c1ccc(F)cc1. The van der Waals surface area contributed by atoms with E-state index in [0.29, 0.717) is 44.1 Å². The van der Waals surface area contributed by atoms with E-state index in [1.54, 1.807) is 63.2 Å². The van der Waals surface area contributed by atoms with Crippen LogP contribution in [-0.2, 0) is 20.9 Å². The number of allylic oxidation sites excluding steroid dienone is 1. The molecule has 1 aliphatic heterocycles. The van der Waals surface area contributed by atoms with Crippen molar-refractivity contribution in [1.29, 1.82) is 0 Å². The van der Waals surface area contributed by atoms with Gasteiger partial charge in [0.2, 0.25) is 0 Å². The molecule has 0 radical (unpaired) electrons. The maximum absolute atomic E-state index is 14.0. The van der Waals surface area contributed by atoms with Gasteiger partial charge in [-0.2, -0.15) is 0 Å². The van der Waals surface area contributed by atoms with E-state index in [1.165, 1.54) is 28.0 Å². The molecule has 0 unspecified atom stereocenters. The third-order valence-electron chi connectivity index (χ3n) is 6.87. The highest BCUT2D eigenvalue weighted by molar-refractivity contribution is 14.1. The van der Waals surface area contributed by atoms with Crippen LogP contribution in [0.3, 0.4) is 0 Å². The predicted octanol–water partition coefficient (Wildman–Crippen LogP) is 6.06. The van der Waals surface area contributed by atoms with Gasteiger partial charge in [-0.3, -0.25) is 9.36 Å². The zero-order valence-corrected chi connectivity index (χ0v) is 29.0. The van der Waals surface area contributed by atoms with E-state index in [2.05, 4.69) is 43.5 Å². The van der Waals surface area contributed by atoms with Crippen LogP contribution in [-0.4, -0.2) is 29.7 Å². The van der Waals surface area contributed by atoms with E-state index >= 15 is 0 Å². The first-order valence-electron chi connectivity index (χ1n) is 13.9. The fourth-order valence-corrected chi connectivity index (χ4v) is 7.58. The maximum Gasteiger partial charge on any atom is 0.338 e. The first kappa shape index (κ1) is 32.8. The van der Waals surface area contributed by atoms with Crippen LogP contribution in [0.15, 0.2) is 86.2 Å². The molecule has 0 aliphatic carbocycles. The van der Waals surface area contributed by atoms with Crippen LogP contribution < -0.4 is 19.6 Å².